The van der Waals surface area contributed by atoms with Crippen molar-refractivity contribution < 1.29 is 28.7 Å². The number of hydrogen-bond acceptors (Lipinski definition) is 5. The van der Waals surface area contributed by atoms with E-state index in [4.69, 9.17) is 23.2 Å². The summed E-state index contributed by atoms with van der Waals surface area (Å²) >= 11 is 14.7. The fraction of sp³-hybridized carbons (Fsp3) is 0.455. The lowest BCUT2D eigenvalue weighted by molar-refractivity contribution is -0.143. The quantitative estimate of drug-likeness (QED) is 0.267. The summed E-state index contributed by atoms with van der Waals surface area (Å²) in [5.41, 5.74) is 1.60. The van der Waals surface area contributed by atoms with Gasteiger partial charge in [-0.15, -0.1) is 23.2 Å². The number of fused-ring (bicyclic) bond motifs is 4. The monoisotopic (exact) mass is 624 g/mol. The van der Waals surface area contributed by atoms with Crippen LogP contribution in [0.3, 0.4) is 0 Å². The molecule has 3 aliphatic carbocycles. The number of likely N-dealkylation sites (tertiary alicyclic amines) is 1. The molecule has 43 heavy (non-hydrogen) atoms. The topological polar surface area (TPSA) is 95.0 Å². The van der Waals surface area contributed by atoms with Gasteiger partial charge in [-0.2, -0.15) is 0 Å². The van der Waals surface area contributed by atoms with Crippen LogP contribution in [-0.2, 0) is 19.2 Å². The third kappa shape index (κ3) is 3.78. The molecule has 0 radical (unpaired) electrons. The Kier molecular flexibility index (Phi) is 6.57. The predicted molar refractivity (Wildman–Crippen MR) is 158 cm³/mol. The van der Waals surface area contributed by atoms with Crippen LogP contribution in [0.25, 0.3) is 0 Å². The van der Waals surface area contributed by atoms with Gasteiger partial charge in [0.2, 0.25) is 11.8 Å². The summed E-state index contributed by atoms with van der Waals surface area (Å²) in [4.78, 5) is 54.8. The molecule has 7 rings (SSSR count). The highest BCUT2D eigenvalue weighted by molar-refractivity contribution is 6.58. The number of aromatic hydroxyl groups is 1. The molecule has 0 aromatic heterocycles. The van der Waals surface area contributed by atoms with E-state index in [-0.39, 0.29) is 42.1 Å². The normalized spacial score (nSPS) is 34.3. The molecule has 4 amide bonds. The van der Waals surface area contributed by atoms with E-state index in [1.807, 2.05) is 6.08 Å². The lowest BCUT2D eigenvalue weighted by Crippen LogP contribution is -2.60. The number of nitrogens with zero attached hydrogens (tertiary/aromatic N) is 2. The number of anilines is 1. The SMILES string of the molecule is Cc1cccc([C@H]2C3=CC[C@@H]4C(=O)N(C5CCCCC5)C(=O)[C@@H]4[C@@H]3C[C@@]3(Cl)C(=O)N(c4ccc(F)cc4)C(=O)[C@@]23Cl)c1O. The number of allylic oxidation sites excluding steroid dienone is 2. The van der Waals surface area contributed by atoms with E-state index < -0.39 is 51.1 Å². The Morgan fingerprint density at radius 3 is 2.30 bits per heavy atom. The van der Waals surface area contributed by atoms with Crippen LogP contribution in [0.5, 0.6) is 5.75 Å². The molecule has 2 heterocycles. The summed E-state index contributed by atoms with van der Waals surface area (Å²) in [6.45, 7) is 1.72. The van der Waals surface area contributed by atoms with Crippen LogP contribution >= 0.6 is 23.2 Å². The number of aryl methyl sites for hydroxylation is 1. The minimum absolute atomic E-state index is 0.0895. The number of phenols is 1. The first kappa shape index (κ1) is 28.5. The van der Waals surface area contributed by atoms with Crippen molar-refractivity contribution in [3.63, 3.8) is 0 Å². The second-order valence-electron chi connectivity index (χ2n) is 12.6. The number of hydrogen-bond donors (Lipinski definition) is 1. The molecule has 5 aliphatic rings. The fourth-order valence-corrected chi connectivity index (χ4v) is 9.31. The third-order valence-electron chi connectivity index (χ3n) is 10.4. The third-order valence-corrected chi connectivity index (χ3v) is 11.9. The van der Waals surface area contributed by atoms with Crippen molar-refractivity contribution in [1.29, 1.82) is 0 Å². The van der Waals surface area contributed by atoms with Crippen molar-refractivity contribution in [2.45, 2.75) is 73.6 Å². The van der Waals surface area contributed by atoms with Gasteiger partial charge >= 0.3 is 0 Å². The summed E-state index contributed by atoms with van der Waals surface area (Å²) < 4.78 is 13.8. The van der Waals surface area contributed by atoms with Gasteiger partial charge < -0.3 is 5.11 Å². The number of benzene rings is 2. The molecule has 6 atom stereocenters. The Morgan fingerprint density at radius 2 is 1.60 bits per heavy atom. The van der Waals surface area contributed by atoms with Crippen LogP contribution < -0.4 is 4.90 Å². The molecule has 0 spiro atoms. The van der Waals surface area contributed by atoms with Crippen molar-refractivity contribution in [3.05, 3.63) is 71.1 Å². The van der Waals surface area contributed by atoms with Gasteiger partial charge in [-0.3, -0.25) is 24.1 Å². The highest BCUT2D eigenvalue weighted by atomic mass is 35.5. The van der Waals surface area contributed by atoms with E-state index in [0.717, 1.165) is 49.1 Å². The number of carbonyl (C=O) groups is 4. The van der Waals surface area contributed by atoms with E-state index in [2.05, 4.69) is 0 Å². The number of rotatable bonds is 3. The zero-order chi connectivity index (χ0) is 30.4. The molecule has 7 nitrogen and oxygen atoms in total. The Morgan fingerprint density at radius 1 is 0.907 bits per heavy atom. The molecule has 4 fully saturated rings. The number of alkyl halides is 2. The van der Waals surface area contributed by atoms with Crippen LogP contribution in [0.2, 0.25) is 0 Å². The van der Waals surface area contributed by atoms with Gasteiger partial charge in [0.05, 0.1) is 17.5 Å². The highest BCUT2D eigenvalue weighted by Crippen LogP contribution is 2.66. The number of carbonyl (C=O) groups excluding carboxylic acids is 4. The summed E-state index contributed by atoms with van der Waals surface area (Å²) in [6, 6.07) is 9.84. The smallest absolute Gasteiger partial charge is 0.258 e. The van der Waals surface area contributed by atoms with Crippen LogP contribution in [0.4, 0.5) is 10.1 Å². The van der Waals surface area contributed by atoms with Gasteiger partial charge in [0.15, 0.2) is 9.75 Å². The first-order valence-corrected chi connectivity index (χ1v) is 15.6. The van der Waals surface area contributed by atoms with E-state index in [0.29, 0.717) is 16.7 Å². The molecule has 2 aliphatic heterocycles. The predicted octanol–water partition coefficient (Wildman–Crippen LogP) is 5.74. The Hall–Kier alpha value is -3.23. The van der Waals surface area contributed by atoms with Crippen molar-refractivity contribution in [1.82, 2.24) is 4.90 Å². The number of para-hydroxylation sites is 1. The summed E-state index contributed by atoms with van der Waals surface area (Å²) in [5.74, 6) is -5.75. The lowest BCUT2D eigenvalue weighted by atomic mass is 9.56. The van der Waals surface area contributed by atoms with Crippen LogP contribution in [0.1, 0.15) is 62.0 Å². The average Bonchev–Trinajstić information content (AvgIpc) is 3.34. The summed E-state index contributed by atoms with van der Waals surface area (Å²) in [7, 11) is 0. The van der Waals surface area contributed by atoms with Crippen LogP contribution in [-0.4, -0.2) is 49.4 Å². The number of amides is 4. The zero-order valence-electron chi connectivity index (χ0n) is 23.6. The molecule has 2 aromatic rings. The molecule has 2 aromatic carbocycles. The minimum atomic E-state index is -2.07. The molecule has 0 unspecified atom stereocenters. The van der Waals surface area contributed by atoms with Gasteiger partial charge in [0.25, 0.3) is 11.8 Å². The molecule has 1 N–H and O–H groups in total. The first-order chi connectivity index (χ1) is 20.5. The van der Waals surface area contributed by atoms with Crippen molar-refractivity contribution in [3.8, 4) is 5.75 Å². The second kappa shape index (κ2) is 9.89. The summed E-state index contributed by atoms with van der Waals surface area (Å²) in [5, 5.41) is 11.3. The zero-order valence-corrected chi connectivity index (χ0v) is 25.1. The number of phenolic OH excluding ortho intramolecular Hbond substituents is 1. The summed E-state index contributed by atoms with van der Waals surface area (Å²) in [6.07, 6.45) is 6.52. The van der Waals surface area contributed by atoms with E-state index in [9.17, 15) is 28.7 Å². The standard InChI is InChI=1S/C33H31Cl2FN2O5/c1-17-6-5-9-23(27(17)39)26-21-14-15-22-25(29(41)37(28(22)40)19-7-3-2-4-8-19)24(21)16-32(34)30(42)38(31(43)33(26,32)35)20-12-10-18(36)11-13-20/h5-6,9-14,19,22,24-26,39H,2-4,7-8,15-16H2,1H3/t22-,24+,25-,26+,32+,33-/m0/s1. The molecule has 10 heteroatoms. The Labute approximate surface area is 258 Å². The maximum absolute atomic E-state index is 14.4. The number of imide groups is 2. The molecule has 2 saturated heterocycles. The molecule has 224 valence electrons. The van der Waals surface area contributed by atoms with E-state index in [1.165, 1.54) is 17.0 Å². The van der Waals surface area contributed by atoms with Gasteiger partial charge in [0, 0.05) is 17.5 Å². The van der Waals surface area contributed by atoms with E-state index in [1.54, 1.807) is 25.1 Å². The van der Waals surface area contributed by atoms with Gasteiger partial charge in [-0.05, 0) is 68.4 Å². The van der Waals surface area contributed by atoms with Gasteiger partial charge in [0.1, 0.15) is 11.6 Å². The highest BCUT2D eigenvalue weighted by Gasteiger charge is 2.77. The van der Waals surface area contributed by atoms with Crippen molar-refractivity contribution in [2.24, 2.45) is 17.8 Å². The fourth-order valence-electron chi connectivity index (χ4n) is 8.38. The molecule has 0 bridgehead atoms. The van der Waals surface area contributed by atoms with Gasteiger partial charge in [-0.25, -0.2) is 9.29 Å². The first-order valence-electron chi connectivity index (χ1n) is 14.9. The van der Waals surface area contributed by atoms with Crippen molar-refractivity contribution >= 4 is 52.5 Å². The minimum Gasteiger partial charge on any atom is -0.507 e. The average molecular weight is 626 g/mol. The van der Waals surface area contributed by atoms with Crippen molar-refractivity contribution in [2.75, 3.05) is 4.90 Å². The Balaban J connectivity index is 1.39. The van der Waals surface area contributed by atoms with Crippen LogP contribution in [0.15, 0.2) is 54.1 Å². The van der Waals surface area contributed by atoms with Gasteiger partial charge in [-0.1, -0.05) is 49.1 Å². The van der Waals surface area contributed by atoms with Crippen LogP contribution in [0, 0.1) is 30.5 Å². The lowest BCUT2D eigenvalue weighted by Gasteiger charge is -2.50. The Bertz CT molecular complexity index is 1600. The molecular weight excluding hydrogens is 594 g/mol. The van der Waals surface area contributed by atoms with E-state index >= 15 is 0 Å². The maximum Gasteiger partial charge on any atom is 0.258 e. The largest absolute Gasteiger partial charge is 0.507 e. The molecule has 2 saturated carbocycles. The molecular formula is C33H31Cl2FN2O5. The second-order valence-corrected chi connectivity index (χ2v) is 13.8. The number of halogens is 3. The maximum atomic E-state index is 14.4.